The molecule has 0 radical (unpaired) electrons. The molecule has 0 aliphatic carbocycles. The number of likely N-dealkylation sites (tertiary alicyclic amines) is 1. The van der Waals surface area contributed by atoms with E-state index in [4.69, 9.17) is 5.73 Å². The number of allylic oxidation sites excluding steroid dienone is 1. The highest BCUT2D eigenvalue weighted by Crippen LogP contribution is 2.20. The van der Waals surface area contributed by atoms with E-state index in [1.165, 1.54) is 7.11 Å². The van der Waals surface area contributed by atoms with E-state index in [-0.39, 0.29) is 17.9 Å². The second kappa shape index (κ2) is 10.9. The average molecular weight is 396 g/mol. The molecule has 0 saturated carbocycles. The van der Waals surface area contributed by atoms with Crippen molar-refractivity contribution in [2.75, 3.05) is 13.7 Å². The lowest BCUT2D eigenvalue weighted by molar-refractivity contribution is -0.134. The van der Waals surface area contributed by atoms with Crippen LogP contribution in [0, 0.1) is 17.8 Å². The number of hydrogen-bond donors (Lipinski definition) is 2. The molecule has 1 heterocycles. The van der Waals surface area contributed by atoms with E-state index < -0.39 is 12.1 Å². The number of ether oxygens (including phenoxy) is 1. The Morgan fingerprint density at radius 1 is 1.34 bits per heavy atom. The SMILES string of the molecule is COC(=O)NC(C(=O)N1CCC[C@@H]1C(N)=N/C=C/C#Cc1ccccc1)C(C)C. The van der Waals surface area contributed by atoms with Gasteiger partial charge in [0.15, 0.2) is 0 Å². The summed E-state index contributed by atoms with van der Waals surface area (Å²) in [5, 5.41) is 2.61. The number of amidine groups is 1. The van der Waals surface area contributed by atoms with E-state index in [1.807, 2.05) is 44.2 Å². The highest BCUT2D eigenvalue weighted by atomic mass is 16.5. The number of amides is 2. The molecule has 0 spiro atoms. The van der Waals surface area contributed by atoms with Gasteiger partial charge in [0.1, 0.15) is 11.9 Å². The van der Waals surface area contributed by atoms with Gasteiger partial charge in [-0.2, -0.15) is 0 Å². The number of nitrogens with two attached hydrogens (primary N) is 1. The number of rotatable bonds is 5. The van der Waals surface area contributed by atoms with Gasteiger partial charge in [-0.15, -0.1) is 0 Å². The second-order valence-electron chi connectivity index (χ2n) is 7.05. The van der Waals surface area contributed by atoms with Crippen LogP contribution < -0.4 is 11.1 Å². The summed E-state index contributed by atoms with van der Waals surface area (Å²) in [6.07, 6.45) is 4.09. The van der Waals surface area contributed by atoms with Gasteiger partial charge in [0.05, 0.1) is 13.2 Å². The molecule has 3 N–H and O–H groups in total. The minimum Gasteiger partial charge on any atom is -0.453 e. The van der Waals surface area contributed by atoms with Gasteiger partial charge in [-0.25, -0.2) is 9.79 Å². The van der Waals surface area contributed by atoms with Crippen LogP contribution >= 0.6 is 0 Å². The summed E-state index contributed by atoms with van der Waals surface area (Å²) in [6, 6.07) is 8.66. The van der Waals surface area contributed by atoms with Crippen LogP contribution in [0.3, 0.4) is 0 Å². The molecule has 1 fully saturated rings. The molecular formula is C22H28N4O3. The molecule has 7 nitrogen and oxygen atoms in total. The fourth-order valence-corrected chi connectivity index (χ4v) is 3.11. The van der Waals surface area contributed by atoms with Gasteiger partial charge < -0.3 is 20.7 Å². The van der Waals surface area contributed by atoms with Gasteiger partial charge in [-0.1, -0.05) is 43.9 Å². The maximum Gasteiger partial charge on any atom is 0.407 e. The lowest BCUT2D eigenvalue weighted by Crippen LogP contribution is -2.54. The number of benzene rings is 1. The van der Waals surface area contributed by atoms with Crippen LogP contribution in [0.1, 0.15) is 32.3 Å². The van der Waals surface area contributed by atoms with Crippen molar-refractivity contribution in [3.05, 3.63) is 48.2 Å². The molecule has 154 valence electrons. The molecule has 1 aromatic rings. The van der Waals surface area contributed by atoms with Gasteiger partial charge in [0.2, 0.25) is 5.91 Å². The van der Waals surface area contributed by atoms with Crippen molar-refractivity contribution < 1.29 is 14.3 Å². The maximum atomic E-state index is 13.0. The van der Waals surface area contributed by atoms with Gasteiger partial charge in [0.25, 0.3) is 0 Å². The van der Waals surface area contributed by atoms with Crippen LogP contribution in [-0.4, -0.2) is 48.5 Å². The van der Waals surface area contributed by atoms with E-state index in [0.717, 1.165) is 18.4 Å². The third-order valence-electron chi connectivity index (χ3n) is 4.64. The Morgan fingerprint density at radius 3 is 2.72 bits per heavy atom. The van der Waals surface area contributed by atoms with Gasteiger partial charge >= 0.3 is 6.09 Å². The topological polar surface area (TPSA) is 97.0 Å². The van der Waals surface area contributed by atoms with Gasteiger partial charge in [-0.05, 0) is 30.9 Å². The Morgan fingerprint density at radius 2 is 2.07 bits per heavy atom. The third kappa shape index (κ3) is 6.39. The van der Waals surface area contributed by atoms with Crippen molar-refractivity contribution in [2.24, 2.45) is 16.6 Å². The van der Waals surface area contributed by atoms with Gasteiger partial charge in [0, 0.05) is 24.4 Å². The molecule has 1 unspecified atom stereocenters. The number of hydrogen-bond acceptors (Lipinski definition) is 4. The first-order valence-corrected chi connectivity index (χ1v) is 9.63. The molecule has 0 bridgehead atoms. The summed E-state index contributed by atoms with van der Waals surface area (Å²) in [5.41, 5.74) is 7.07. The van der Waals surface area contributed by atoms with Crippen molar-refractivity contribution in [1.29, 1.82) is 0 Å². The first-order valence-electron chi connectivity index (χ1n) is 9.63. The van der Waals surface area contributed by atoms with E-state index in [9.17, 15) is 9.59 Å². The van der Waals surface area contributed by atoms with Crippen LogP contribution in [-0.2, 0) is 9.53 Å². The van der Waals surface area contributed by atoms with Crippen molar-refractivity contribution in [3.8, 4) is 11.8 Å². The van der Waals surface area contributed by atoms with Crippen LogP contribution in [0.25, 0.3) is 0 Å². The normalized spacial score (nSPS) is 17.7. The first kappa shape index (κ1) is 22.0. The maximum absolute atomic E-state index is 13.0. The van der Waals surface area contributed by atoms with Gasteiger partial charge in [-0.3, -0.25) is 4.79 Å². The number of nitrogens with one attached hydrogen (secondary N) is 1. The number of aliphatic imine (C=N–C) groups is 1. The fourth-order valence-electron chi connectivity index (χ4n) is 3.11. The first-order chi connectivity index (χ1) is 13.9. The molecule has 1 aromatic carbocycles. The summed E-state index contributed by atoms with van der Waals surface area (Å²) in [7, 11) is 1.27. The van der Waals surface area contributed by atoms with E-state index in [1.54, 1.807) is 17.2 Å². The number of nitrogens with zero attached hydrogens (tertiary/aromatic N) is 2. The Labute approximate surface area is 172 Å². The minimum atomic E-state index is -0.678. The molecule has 2 rings (SSSR count). The zero-order chi connectivity index (χ0) is 21.2. The van der Waals surface area contributed by atoms with Crippen LogP contribution in [0.5, 0.6) is 0 Å². The van der Waals surface area contributed by atoms with Crippen molar-refractivity contribution in [1.82, 2.24) is 10.2 Å². The van der Waals surface area contributed by atoms with Crippen molar-refractivity contribution in [2.45, 2.75) is 38.8 Å². The average Bonchev–Trinajstić information content (AvgIpc) is 3.21. The fraction of sp³-hybridized carbons (Fsp3) is 0.409. The smallest absolute Gasteiger partial charge is 0.407 e. The summed E-state index contributed by atoms with van der Waals surface area (Å²) in [4.78, 5) is 30.5. The Bertz CT molecular complexity index is 821. The Balaban J connectivity index is 2.05. The zero-order valence-electron chi connectivity index (χ0n) is 17.1. The predicted molar refractivity (Wildman–Crippen MR) is 113 cm³/mol. The number of carbonyl (C=O) groups excluding carboxylic acids is 2. The summed E-state index contributed by atoms with van der Waals surface area (Å²) >= 11 is 0. The molecule has 1 aliphatic heterocycles. The van der Waals surface area contributed by atoms with Crippen LogP contribution in [0.4, 0.5) is 4.79 Å². The number of carbonyl (C=O) groups is 2. The second-order valence-corrected chi connectivity index (χ2v) is 7.05. The standard InChI is InChI=1S/C22H28N4O3/c1-16(2)19(25-22(28)29-3)21(27)26-15-9-13-18(26)20(23)24-14-8-7-12-17-10-5-4-6-11-17/h4-6,8,10-11,14,16,18-19H,9,13,15H2,1-3H3,(H2,23,24)(H,25,28)/b14-8+/t18-,19?/m1/s1. The monoisotopic (exact) mass is 396 g/mol. The Kier molecular flexibility index (Phi) is 8.28. The van der Waals surface area contributed by atoms with E-state index in [2.05, 4.69) is 26.9 Å². The van der Waals surface area contributed by atoms with Crippen molar-refractivity contribution >= 4 is 17.8 Å². The molecule has 7 heteroatoms. The van der Waals surface area contributed by atoms with E-state index >= 15 is 0 Å². The molecular weight excluding hydrogens is 368 g/mol. The largest absolute Gasteiger partial charge is 0.453 e. The molecule has 2 amide bonds. The molecule has 2 atom stereocenters. The van der Waals surface area contributed by atoms with Crippen LogP contribution in [0.15, 0.2) is 47.6 Å². The predicted octanol–water partition coefficient (Wildman–Crippen LogP) is 2.28. The highest BCUT2D eigenvalue weighted by molar-refractivity contribution is 5.93. The highest BCUT2D eigenvalue weighted by Gasteiger charge is 2.36. The lowest BCUT2D eigenvalue weighted by Gasteiger charge is -2.30. The number of methoxy groups -OCH3 is 1. The zero-order valence-corrected chi connectivity index (χ0v) is 17.1. The van der Waals surface area contributed by atoms with E-state index in [0.29, 0.717) is 12.4 Å². The molecule has 0 aromatic heterocycles. The summed E-state index contributed by atoms with van der Waals surface area (Å²) in [6.45, 7) is 4.31. The lowest BCUT2D eigenvalue weighted by atomic mass is 10.0. The van der Waals surface area contributed by atoms with Crippen molar-refractivity contribution in [3.63, 3.8) is 0 Å². The number of alkyl carbamates (subject to hydrolysis) is 1. The minimum absolute atomic E-state index is 0.0887. The van der Waals surface area contributed by atoms with Crippen LogP contribution in [0.2, 0.25) is 0 Å². The Hall–Kier alpha value is -3.27. The summed E-state index contributed by atoms with van der Waals surface area (Å²) in [5.74, 6) is 6.00. The molecule has 1 aliphatic rings. The third-order valence-corrected chi connectivity index (χ3v) is 4.64. The summed E-state index contributed by atoms with van der Waals surface area (Å²) < 4.78 is 4.63. The quantitative estimate of drug-likeness (QED) is 0.453. The molecule has 29 heavy (non-hydrogen) atoms. The molecule has 1 saturated heterocycles.